The molecule has 5 heteroatoms. The molecule has 1 fully saturated rings. The lowest BCUT2D eigenvalue weighted by Gasteiger charge is -2.34. The number of nitrogens with zero attached hydrogens (tertiary/aromatic N) is 2. The Hall–Kier alpha value is -1.72. The number of piperidine rings is 1. The summed E-state index contributed by atoms with van der Waals surface area (Å²) in [5, 5.41) is 5.60. The minimum absolute atomic E-state index is 0.105. The number of aromatic nitrogens is 1. The third-order valence-electron chi connectivity index (χ3n) is 4.14. The molecule has 2 heterocycles. The molecule has 1 saturated heterocycles. The molecule has 4 nitrogen and oxygen atoms in total. The van der Waals surface area contributed by atoms with Gasteiger partial charge in [0.2, 0.25) is 0 Å². The summed E-state index contributed by atoms with van der Waals surface area (Å²) in [5.41, 5.74) is 1.70. The number of carbonyl (C=O) groups excluding carboxylic acids is 1. The Morgan fingerprint density at radius 1 is 1.26 bits per heavy atom. The summed E-state index contributed by atoms with van der Waals surface area (Å²) in [4.78, 5) is 19.2. The van der Waals surface area contributed by atoms with Crippen LogP contribution in [-0.4, -0.2) is 28.9 Å². The number of hydrogen-bond acceptors (Lipinski definition) is 4. The maximum atomic E-state index is 12.1. The van der Waals surface area contributed by atoms with E-state index in [0.29, 0.717) is 10.7 Å². The molecule has 0 saturated carbocycles. The predicted molar refractivity (Wildman–Crippen MR) is 94.7 cm³/mol. The van der Waals surface area contributed by atoms with Gasteiger partial charge in [-0.2, -0.15) is 0 Å². The zero-order valence-electron chi connectivity index (χ0n) is 13.7. The topological polar surface area (TPSA) is 45.2 Å². The summed E-state index contributed by atoms with van der Waals surface area (Å²) in [7, 11) is 0. The first-order valence-corrected chi connectivity index (χ1v) is 9.01. The second-order valence-corrected chi connectivity index (χ2v) is 7.46. The summed E-state index contributed by atoms with van der Waals surface area (Å²) < 4.78 is 0. The highest BCUT2D eigenvalue weighted by molar-refractivity contribution is 7.13. The molecule has 0 bridgehead atoms. The van der Waals surface area contributed by atoms with Crippen LogP contribution in [0.5, 0.6) is 0 Å². The van der Waals surface area contributed by atoms with Crippen molar-refractivity contribution >= 4 is 22.4 Å². The van der Waals surface area contributed by atoms with E-state index in [9.17, 15) is 4.79 Å². The Kier molecular flexibility index (Phi) is 5.08. The molecule has 0 spiro atoms. The largest absolute Gasteiger partial charge is 0.298 e. The number of carbonyl (C=O) groups is 1. The van der Waals surface area contributed by atoms with Gasteiger partial charge in [0.25, 0.3) is 5.91 Å². The molecule has 1 aliphatic rings. The number of likely N-dealkylation sites (tertiary alicyclic amines) is 1. The van der Waals surface area contributed by atoms with Gasteiger partial charge >= 0.3 is 0 Å². The monoisotopic (exact) mass is 329 g/mol. The Bertz CT molecular complexity index is 645. The van der Waals surface area contributed by atoms with E-state index >= 15 is 0 Å². The van der Waals surface area contributed by atoms with Gasteiger partial charge in [-0.05, 0) is 30.4 Å². The molecule has 0 unspecified atom stereocenters. The number of anilines is 1. The average molecular weight is 329 g/mol. The van der Waals surface area contributed by atoms with Gasteiger partial charge < -0.3 is 0 Å². The van der Waals surface area contributed by atoms with Crippen molar-refractivity contribution in [3.63, 3.8) is 0 Å². The highest BCUT2D eigenvalue weighted by atomic mass is 32.1. The molecular weight excluding hydrogens is 306 g/mol. The van der Waals surface area contributed by atoms with Crippen LogP contribution in [0.4, 0.5) is 5.13 Å². The minimum Gasteiger partial charge on any atom is -0.298 e. The summed E-state index contributed by atoms with van der Waals surface area (Å²) in [5.74, 6) is 1.39. The first-order valence-electron chi connectivity index (χ1n) is 8.13. The molecule has 0 aliphatic carbocycles. The second-order valence-electron chi connectivity index (χ2n) is 6.60. The quantitative estimate of drug-likeness (QED) is 0.926. The van der Waals surface area contributed by atoms with Gasteiger partial charge in [0.15, 0.2) is 5.13 Å². The highest BCUT2D eigenvalue weighted by Crippen LogP contribution is 2.24. The lowest BCUT2D eigenvalue weighted by Crippen LogP contribution is -2.38. The van der Waals surface area contributed by atoms with E-state index < -0.39 is 0 Å². The smallest absolute Gasteiger partial charge is 0.257 e. The van der Waals surface area contributed by atoms with Crippen molar-refractivity contribution < 1.29 is 4.79 Å². The number of benzene rings is 1. The van der Waals surface area contributed by atoms with Gasteiger partial charge in [0.1, 0.15) is 0 Å². The SMILES string of the molecule is C[C@@H]1C[C@@H](C)CN(Cc2csc(NC(=O)c3ccccc3)n2)C1. The Morgan fingerprint density at radius 2 is 1.96 bits per heavy atom. The molecule has 23 heavy (non-hydrogen) atoms. The third-order valence-corrected chi connectivity index (χ3v) is 4.94. The predicted octanol–water partition coefficient (Wildman–Crippen LogP) is 3.87. The Labute approximate surface area is 141 Å². The van der Waals surface area contributed by atoms with Gasteiger partial charge in [-0.25, -0.2) is 4.98 Å². The molecule has 1 N–H and O–H groups in total. The third kappa shape index (κ3) is 4.39. The minimum atomic E-state index is -0.105. The van der Waals surface area contributed by atoms with Crippen molar-refractivity contribution in [2.75, 3.05) is 18.4 Å². The van der Waals surface area contributed by atoms with Crippen molar-refractivity contribution in [1.82, 2.24) is 9.88 Å². The fourth-order valence-electron chi connectivity index (χ4n) is 3.35. The first kappa shape index (κ1) is 16.1. The zero-order valence-corrected chi connectivity index (χ0v) is 14.5. The molecule has 3 rings (SSSR count). The van der Waals surface area contributed by atoms with Crippen LogP contribution < -0.4 is 5.32 Å². The van der Waals surface area contributed by atoms with E-state index in [4.69, 9.17) is 0 Å². The number of rotatable bonds is 4. The van der Waals surface area contributed by atoms with Crippen LogP contribution in [0, 0.1) is 11.8 Å². The Morgan fingerprint density at radius 3 is 2.65 bits per heavy atom. The van der Waals surface area contributed by atoms with Gasteiger partial charge in [0, 0.05) is 30.6 Å². The number of amides is 1. The van der Waals surface area contributed by atoms with Crippen LogP contribution in [0.15, 0.2) is 35.7 Å². The molecule has 0 radical (unpaired) electrons. The second kappa shape index (κ2) is 7.23. The summed E-state index contributed by atoms with van der Waals surface area (Å²) >= 11 is 1.49. The maximum absolute atomic E-state index is 12.1. The molecular formula is C18H23N3OS. The first-order chi connectivity index (χ1) is 11.1. The van der Waals surface area contributed by atoms with Crippen molar-refractivity contribution in [2.24, 2.45) is 11.8 Å². The van der Waals surface area contributed by atoms with E-state index in [1.807, 2.05) is 23.6 Å². The standard InChI is InChI=1S/C18H23N3OS/c1-13-8-14(2)10-21(9-13)11-16-12-23-18(19-16)20-17(22)15-6-4-3-5-7-15/h3-7,12-14H,8-11H2,1-2H3,(H,19,20,22)/t13-,14-/m1/s1. The lowest BCUT2D eigenvalue weighted by molar-refractivity contribution is 0.102. The highest BCUT2D eigenvalue weighted by Gasteiger charge is 2.22. The van der Waals surface area contributed by atoms with Crippen LogP contribution in [0.1, 0.15) is 36.3 Å². The van der Waals surface area contributed by atoms with Gasteiger partial charge in [-0.1, -0.05) is 32.0 Å². The molecule has 1 aliphatic heterocycles. The molecule has 1 amide bonds. The zero-order chi connectivity index (χ0) is 16.2. The Balaban J connectivity index is 1.59. The van der Waals surface area contributed by atoms with E-state index in [-0.39, 0.29) is 5.91 Å². The number of nitrogens with one attached hydrogen (secondary N) is 1. The number of thiazole rings is 1. The maximum Gasteiger partial charge on any atom is 0.257 e. The fourth-order valence-corrected chi connectivity index (χ4v) is 4.04. The van der Waals surface area contributed by atoms with E-state index in [2.05, 4.69) is 29.0 Å². The molecule has 1 aromatic heterocycles. The van der Waals surface area contributed by atoms with E-state index in [1.54, 1.807) is 12.1 Å². The summed E-state index contributed by atoms with van der Waals surface area (Å²) in [6.45, 7) is 7.76. The summed E-state index contributed by atoms with van der Waals surface area (Å²) in [6, 6.07) is 9.24. The van der Waals surface area contributed by atoms with Gasteiger partial charge in [-0.3, -0.25) is 15.0 Å². The van der Waals surface area contributed by atoms with Gasteiger partial charge in [-0.15, -0.1) is 11.3 Å². The van der Waals surface area contributed by atoms with Crippen molar-refractivity contribution in [3.05, 3.63) is 47.0 Å². The van der Waals surface area contributed by atoms with Crippen LogP contribution in [0.2, 0.25) is 0 Å². The normalized spacial score (nSPS) is 22.0. The van der Waals surface area contributed by atoms with Crippen LogP contribution >= 0.6 is 11.3 Å². The van der Waals surface area contributed by atoms with Crippen molar-refractivity contribution in [1.29, 1.82) is 0 Å². The fraction of sp³-hybridized carbons (Fsp3) is 0.444. The van der Waals surface area contributed by atoms with Crippen molar-refractivity contribution in [2.45, 2.75) is 26.8 Å². The van der Waals surface area contributed by atoms with E-state index in [1.165, 1.54) is 17.8 Å². The lowest BCUT2D eigenvalue weighted by atomic mass is 9.92. The molecule has 1 aromatic carbocycles. The summed E-state index contributed by atoms with van der Waals surface area (Å²) in [6.07, 6.45) is 1.31. The van der Waals surface area contributed by atoms with E-state index in [0.717, 1.165) is 37.2 Å². The van der Waals surface area contributed by atoms with Crippen LogP contribution in [-0.2, 0) is 6.54 Å². The molecule has 2 atom stereocenters. The van der Waals surface area contributed by atoms with Crippen LogP contribution in [0.25, 0.3) is 0 Å². The average Bonchev–Trinajstić information content (AvgIpc) is 2.94. The van der Waals surface area contributed by atoms with Gasteiger partial charge in [0.05, 0.1) is 5.69 Å². The van der Waals surface area contributed by atoms with Crippen molar-refractivity contribution in [3.8, 4) is 0 Å². The number of hydrogen-bond donors (Lipinski definition) is 1. The molecule has 122 valence electrons. The molecule has 2 aromatic rings. The van der Waals surface area contributed by atoms with Crippen LogP contribution in [0.3, 0.4) is 0 Å².